The second kappa shape index (κ2) is 8.20. The van der Waals surface area contributed by atoms with Crippen LogP contribution in [0.4, 0.5) is 5.13 Å². The lowest BCUT2D eigenvalue weighted by atomic mass is 9.98. The van der Waals surface area contributed by atoms with E-state index in [1.165, 1.54) is 11.3 Å². The van der Waals surface area contributed by atoms with E-state index in [0.29, 0.717) is 23.7 Å². The minimum atomic E-state index is -0.879. The largest absolute Gasteiger partial charge is 0.448 e. The van der Waals surface area contributed by atoms with Gasteiger partial charge >= 0.3 is 5.97 Å². The predicted molar refractivity (Wildman–Crippen MR) is 126 cm³/mol. The summed E-state index contributed by atoms with van der Waals surface area (Å²) in [7, 11) is 0. The Kier molecular flexibility index (Phi) is 5.23. The van der Waals surface area contributed by atoms with Crippen LogP contribution in [0.3, 0.4) is 0 Å². The average Bonchev–Trinajstić information content (AvgIpc) is 3.22. The van der Waals surface area contributed by atoms with Gasteiger partial charge in [-0.15, -0.1) is 0 Å². The zero-order valence-electron chi connectivity index (χ0n) is 17.9. The summed E-state index contributed by atoms with van der Waals surface area (Å²) in [5, 5.41) is 0.609. The Bertz CT molecular complexity index is 1330. The summed E-state index contributed by atoms with van der Waals surface area (Å²) in [6.07, 6.45) is -0.523. The first-order valence-corrected chi connectivity index (χ1v) is 11.3. The molecule has 160 valence electrons. The van der Waals surface area contributed by atoms with Gasteiger partial charge in [-0.2, -0.15) is 0 Å². The number of ether oxygens (including phenoxy) is 1. The van der Waals surface area contributed by atoms with E-state index in [1.807, 2.05) is 49.4 Å². The van der Waals surface area contributed by atoms with Crippen molar-refractivity contribution in [3.8, 4) is 0 Å². The molecule has 32 heavy (non-hydrogen) atoms. The molecule has 5 nitrogen and oxygen atoms in total. The van der Waals surface area contributed by atoms with E-state index in [2.05, 4.69) is 19.1 Å². The number of carbonyl (C=O) groups is 2. The summed E-state index contributed by atoms with van der Waals surface area (Å²) in [5.74, 6) is -0.717. The summed E-state index contributed by atoms with van der Waals surface area (Å²) in [6.45, 7) is 4.44. The smallest absolute Gasteiger partial charge is 0.339 e. The van der Waals surface area contributed by atoms with Crippen LogP contribution in [-0.4, -0.2) is 23.0 Å². The third-order valence-corrected chi connectivity index (χ3v) is 6.69. The normalized spacial score (nSPS) is 15.3. The molecule has 0 saturated carbocycles. The molecule has 1 aromatic heterocycles. The Hall–Kier alpha value is -3.51. The molecule has 0 saturated heterocycles. The van der Waals surface area contributed by atoms with Gasteiger partial charge in [0.2, 0.25) is 0 Å². The van der Waals surface area contributed by atoms with Gasteiger partial charge in [0, 0.05) is 6.42 Å². The maximum atomic E-state index is 13.7. The van der Waals surface area contributed by atoms with Gasteiger partial charge in [-0.25, -0.2) is 9.78 Å². The van der Waals surface area contributed by atoms with Crippen molar-refractivity contribution in [1.82, 2.24) is 4.98 Å². The van der Waals surface area contributed by atoms with Gasteiger partial charge in [0.25, 0.3) is 5.91 Å². The number of amides is 1. The Morgan fingerprint density at radius 1 is 1.09 bits per heavy atom. The number of fused-ring (bicyclic) bond motifs is 2. The van der Waals surface area contributed by atoms with Crippen LogP contribution in [0.2, 0.25) is 0 Å². The van der Waals surface area contributed by atoms with Crippen LogP contribution in [0.5, 0.6) is 0 Å². The minimum Gasteiger partial charge on any atom is -0.448 e. The lowest BCUT2D eigenvalue weighted by Crippen LogP contribution is -2.44. The van der Waals surface area contributed by atoms with Gasteiger partial charge in [-0.05, 0) is 48.2 Å². The number of anilines is 1. The highest BCUT2D eigenvalue weighted by Gasteiger charge is 2.35. The molecule has 2 heterocycles. The van der Waals surface area contributed by atoms with Gasteiger partial charge in [-0.3, -0.25) is 9.69 Å². The molecule has 4 aromatic rings. The van der Waals surface area contributed by atoms with Crippen LogP contribution in [0, 0.1) is 13.8 Å². The molecule has 6 heteroatoms. The number of cyclic esters (lactones) is 1. The Balaban J connectivity index is 1.54. The number of benzene rings is 3. The molecule has 0 N–H and O–H groups in total. The maximum Gasteiger partial charge on any atom is 0.339 e. The van der Waals surface area contributed by atoms with Crippen molar-refractivity contribution in [3.05, 3.63) is 94.5 Å². The number of aryl methyl sites for hydroxylation is 2. The number of hydrogen-bond donors (Lipinski definition) is 0. The van der Waals surface area contributed by atoms with Gasteiger partial charge in [-0.1, -0.05) is 65.9 Å². The van der Waals surface area contributed by atoms with Crippen molar-refractivity contribution in [3.63, 3.8) is 0 Å². The molecule has 0 aliphatic carbocycles. The number of thiazole rings is 1. The highest BCUT2D eigenvalue weighted by molar-refractivity contribution is 7.22. The van der Waals surface area contributed by atoms with Crippen molar-refractivity contribution in [2.24, 2.45) is 0 Å². The molecule has 0 fully saturated rings. The van der Waals surface area contributed by atoms with Gasteiger partial charge < -0.3 is 4.74 Å². The van der Waals surface area contributed by atoms with E-state index in [1.54, 1.807) is 17.0 Å². The molecule has 1 atom stereocenters. The number of hydrogen-bond acceptors (Lipinski definition) is 5. The number of rotatable bonds is 4. The molecule has 1 aliphatic rings. The van der Waals surface area contributed by atoms with Crippen molar-refractivity contribution in [2.45, 2.75) is 32.9 Å². The Labute approximate surface area is 190 Å². The molecule has 0 spiro atoms. The zero-order valence-corrected chi connectivity index (χ0v) is 18.7. The number of aromatic nitrogens is 1. The first-order chi connectivity index (χ1) is 15.5. The standard InChI is InChI=1S/C26H22N2O3S/c1-16-12-17(2)23-22(13-16)32-26(27-23)28(15-18-8-4-3-5-9-18)24(29)21-14-19-10-6-7-11-20(19)25(30)31-21/h3-13,21H,14-15H2,1-2H3. The number of esters is 1. The van der Waals surface area contributed by atoms with E-state index in [9.17, 15) is 9.59 Å². The van der Waals surface area contributed by atoms with Crippen molar-refractivity contribution in [2.75, 3.05) is 4.90 Å². The van der Waals surface area contributed by atoms with Crippen LogP contribution in [-0.2, 0) is 22.5 Å². The summed E-state index contributed by atoms with van der Waals surface area (Å²) >= 11 is 1.49. The van der Waals surface area contributed by atoms with E-state index < -0.39 is 12.1 Å². The second-order valence-corrected chi connectivity index (χ2v) is 9.10. The minimum absolute atomic E-state index is 0.259. The monoisotopic (exact) mass is 442 g/mol. The Morgan fingerprint density at radius 3 is 2.66 bits per heavy atom. The summed E-state index contributed by atoms with van der Waals surface area (Å²) < 4.78 is 6.61. The third-order valence-electron chi connectivity index (χ3n) is 5.67. The van der Waals surface area contributed by atoms with E-state index >= 15 is 0 Å². The second-order valence-electron chi connectivity index (χ2n) is 8.09. The molecule has 5 rings (SSSR count). The molecular formula is C26H22N2O3S. The van der Waals surface area contributed by atoms with Crippen LogP contribution in [0.15, 0.2) is 66.7 Å². The molecule has 1 amide bonds. The highest BCUT2D eigenvalue weighted by Crippen LogP contribution is 2.34. The lowest BCUT2D eigenvalue weighted by molar-refractivity contribution is -0.127. The Morgan fingerprint density at radius 2 is 1.84 bits per heavy atom. The summed E-state index contributed by atoms with van der Waals surface area (Å²) in [6, 6.07) is 21.3. The van der Waals surface area contributed by atoms with E-state index in [4.69, 9.17) is 9.72 Å². The first kappa shape index (κ1) is 20.4. The molecule has 0 bridgehead atoms. The SMILES string of the molecule is Cc1cc(C)c2nc(N(Cc3ccccc3)C(=O)C3Cc4ccccc4C(=O)O3)sc2c1. The maximum absolute atomic E-state index is 13.7. The van der Waals surface area contributed by atoms with Crippen LogP contribution in [0.1, 0.15) is 32.6 Å². The van der Waals surface area contributed by atoms with E-state index in [-0.39, 0.29) is 5.91 Å². The molecule has 3 aromatic carbocycles. The molecule has 1 aliphatic heterocycles. The topological polar surface area (TPSA) is 59.5 Å². The van der Waals surface area contributed by atoms with Gasteiger partial charge in [0.1, 0.15) is 0 Å². The highest BCUT2D eigenvalue weighted by atomic mass is 32.1. The third kappa shape index (κ3) is 3.78. The predicted octanol–water partition coefficient (Wildman–Crippen LogP) is 5.23. The lowest BCUT2D eigenvalue weighted by Gasteiger charge is -2.28. The fourth-order valence-electron chi connectivity index (χ4n) is 4.12. The average molecular weight is 443 g/mol. The van der Waals surface area contributed by atoms with E-state index in [0.717, 1.165) is 32.5 Å². The fraction of sp³-hybridized carbons (Fsp3) is 0.192. The van der Waals surface area contributed by atoms with Crippen molar-refractivity contribution < 1.29 is 14.3 Å². The zero-order chi connectivity index (χ0) is 22.2. The summed E-state index contributed by atoms with van der Waals surface area (Å²) in [5.41, 5.74) is 5.47. The number of nitrogens with zero attached hydrogens (tertiary/aromatic N) is 2. The first-order valence-electron chi connectivity index (χ1n) is 10.5. The van der Waals surface area contributed by atoms with Crippen LogP contribution >= 0.6 is 11.3 Å². The van der Waals surface area contributed by atoms with Crippen molar-refractivity contribution >= 4 is 38.6 Å². The van der Waals surface area contributed by atoms with Crippen LogP contribution < -0.4 is 4.90 Å². The molecule has 1 unspecified atom stereocenters. The van der Waals surface area contributed by atoms with Gasteiger partial charge in [0.15, 0.2) is 11.2 Å². The summed E-state index contributed by atoms with van der Waals surface area (Å²) in [4.78, 5) is 32.7. The quantitative estimate of drug-likeness (QED) is 0.406. The van der Waals surface area contributed by atoms with Crippen molar-refractivity contribution in [1.29, 1.82) is 0 Å². The number of carbonyl (C=O) groups excluding carboxylic acids is 2. The van der Waals surface area contributed by atoms with Gasteiger partial charge in [0.05, 0.1) is 22.3 Å². The molecule has 0 radical (unpaired) electrons. The van der Waals surface area contributed by atoms with Crippen LogP contribution in [0.25, 0.3) is 10.2 Å². The molecular weight excluding hydrogens is 420 g/mol. The fourth-order valence-corrected chi connectivity index (χ4v) is 5.27.